The number of rotatable bonds is 6. The van der Waals surface area contributed by atoms with Gasteiger partial charge in [-0.15, -0.1) is 0 Å². The predicted octanol–water partition coefficient (Wildman–Crippen LogP) is 2.90. The Morgan fingerprint density at radius 3 is 2.62 bits per heavy atom. The number of hydrogen-bond acceptors (Lipinski definition) is 3. The second kappa shape index (κ2) is 7.39. The first-order chi connectivity index (χ1) is 10.1. The highest BCUT2D eigenvalue weighted by Gasteiger charge is 2.45. The van der Waals surface area contributed by atoms with Crippen LogP contribution in [0.25, 0.3) is 0 Å². The number of aliphatic hydroxyl groups excluding tert-OH is 1. The molecule has 21 heavy (non-hydrogen) atoms. The molecular weight excluding hydrogens is 262 g/mol. The number of ether oxygens (including phenoxy) is 1. The lowest BCUT2D eigenvalue weighted by atomic mass is 9.72. The molecule has 0 radical (unpaired) electrons. The number of hydrogen-bond donors (Lipinski definition) is 1. The molecule has 1 fully saturated rings. The largest absolute Gasteiger partial charge is 0.396 e. The SMILES string of the molecule is CCCCN1C[C@H](c2ccccc2)[C@@H](OC)[C@@](C)(CO)C1. The molecule has 1 aliphatic rings. The van der Waals surface area contributed by atoms with Gasteiger partial charge in [0.05, 0.1) is 12.7 Å². The van der Waals surface area contributed by atoms with Gasteiger partial charge in [0.2, 0.25) is 0 Å². The Bertz CT molecular complexity index is 422. The Morgan fingerprint density at radius 1 is 1.33 bits per heavy atom. The number of benzene rings is 1. The van der Waals surface area contributed by atoms with E-state index in [1.165, 1.54) is 18.4 Å². The molecule has 3 nitrogen and oxygen atoms in total. The van der Waals surface area contributed by atoms with Crippen molar-refractivity contribution in [1.29, 1.82) is 0 Å². The molecule has 2 rings (SSSR count). The van der Waals surface area contributed by atoms with E-state index in [0.717, 1.165) is 19.6 Å². The topological polar surface area (TPSA) is 32.7 Å². The summed E-state index contributed by atoms with van der Waals surface area (Å²) in [6.45, 7) is 7.56. The monoisotopic (exact) mass is 291 g/mol. The van der Waals surface area contributed by atoms with Crippen molar-refractivity contribution in [2.45, 2.75) is 38.7 Å². The Morgan fingerprint density at radius 2 is 2.05 bits per heavy atom. The van der Waals surface area contributed by atoms with Crippen LogP contribution in [-0.2, 0) is 4.74 Å². The maximum Gasteiger partial charge on any atom is 0.0739 e. The molecule has 1 N–H and O–H groups in total. The summed E-state index contributed by atoms with van der Waals surface area (Å²) >= 11 is 0. The second-order valence-corrected chi connectivity index (χ2v) is 6.57. The summed E-state index contributed by atoms with van der Waals surface area (Å²) in [5.41, 5.74) is 1.10. The van der Waals surface area contributed by atoms with Gasteiger partial charge in [-0.2, -0.15) is 0 Å². The third-order valence-electron chi connectivity index (χ3n) is 4.76. The smallest absolute Gasteiger partial charge is 0.0739 e. The van der Waals surface area contributed by atoms with Gasteiger partial charge in [0, 0.05) is 31.5 Å². The molecule has 1 saturated heterocycles. The summed E-state index contributed by atoms with van der Waals surface area (Å²) in [6.07, 6.45) is 2.47. The van der Waals surface area contributed by atoms with Crippen LogP contribution in [0.5, 0.6) is 0 Å². The predicted molar refractivity (Wildman–Crippen MR) is 86.5 cm³/mol. The maximum atomic E-state index is 9.95. The van der Waals surface area contributed by atoms with E-state index in [2.05, 4.69) is 43.0 Å². The molecule has 0 unspecified atom stereocenters. The number of unbranched alkanes of at least 4 members (excludes halogenated alkanes) is 1. The van der Waals surface area contributed by atoms with E-state index in [1.54, 1.807) is 7.11 Å². The third-order valence-corrected chi connectivity index (χ3v) is 4.76. The molecule has 3 atom stereocenters. The average Bonchev–Trinajstić information content (AvgIpc) is 2.53. The molecule has 1 heterocycles. The lowest BCUT2D eigenvalue weighted by Crippen LogP contribution is -2.56. The van der Waals surface area contributed by atoms with Crippen molar-refractivity contribution in [1.82, 2.24) is 4.90 Å². The van der Waals surface area contributed by atoms with Gasteiger partial charge >= 0.3 is 0 Å². The van der Waals surface area contributed by atoms with Crippen molar-refractivity contribution < 1.29 is 9.84 Å². The molecular formula is C18H29NO2. The van der Waals surface area contributed by atoms with Crippen molar-refractivity contribution in [2.24, 2.45) is 5.41 Å². The van der Waals surface area contributed by atoms with Crippen LogP contribution >= 0.6 is 0 Å². The van der Waals surface area contributed by atoms with Gasteiger partial charge in [-0.05, 0) is 18.5 Å². The molecule has 118 valence electrons. The van der Waals surface area contributed by atoms with Crippen molar-refractivity contribution in [3.63, 3.8) is 0 Å². The summed E-state index contributed by atoms with van der Waals surface area (Å²) in [7, 11) is 1.77. The van der Waals surface area contributed by atoms with E-state index < -0.39 is 0 Å². The van der Waals surface area contributed by atoms with Crippen LogP contribution in [0.3, 0.4) is 0 Å². The van der Waals surface area contributed by atoms with Crippen molar-refractivity contribution in [2.75, 3.05) is 33.4 Å². The van der Waals surface area contributed by atoms with E-state index in [0.29, 0.717) is 5.92 Å². The van der Waals surface area contributed by atoms with Gasteiger partial charge in [-0.3, -0.25) is 0 Å². The molecule has 1 aliphatic heterocycles. The second-order valence-electron chi connectivity index (χ2n) is 6.57. The Balaban J connectivity index is 2.26. The van der Waals surface area contributed by atoms with Crippen molar-refractivity contribution in [3.8, 4) is 0 Å². The number of nitrogens with zero attached hydrogens (tertiary/aromatic N) is 1. The Labute approximate surface area is 128 Å². The summed E-state index contributed by atoms with van der Waals surface area (Å²) in [6, 6.07) is 10.6. The lowest BCUT2D eigenvalue weighted by molar-refractivity contribution is -0.0974. The molecule has 1 aromatic carbocycles. The zero-order chi connectivity index (χ0) is 15.3. The standard InChI is InChI=1S/C18H29NO2/c1-4-5-11-19-12-16(15-9-7-6-8-10-15)17(21-3)18(2,13-19)14-20/h6-10,16-17,20H,4-5,11-14H2,1-3H3/t16-,17-,18-/m1/s1. The first-order valence-corrected chi connectivity index (χ1v) is 8.05. The maximum absolute atomic E-state index is 9.95. The molecule has 0 aliphatic carbocycles. The van der Waals surface area contributed by atoms with Gasteiger partial charge in [-0.25, -0.2) is 0 Å². The van der Waals surface area contributed by atoms with E-state index in [-0.39, 0.29) is 18.1 Å². The molecule has 0 amide bonds. The summed E-state index contributed by atoms with van der Waals surface area (Å²) in [4.78, 5) is 2.49. The fourth-order valence-electron chi connectivity index (χ4n) is 3.65. The summed E-state index contributed by atoms with van der Waals surface area (Å²) in [5.74, 6) is 0.318. The van der Waals surface area contributed by atoms with Crippen LogP contribution in [-0.4, -0.2) is 49.5 Å². The summed E-state index contributed by atoms with van der Waals surface area (Å²) in [5, 5.41) is 9.95. The number of likely N-dealkylation sites (tertiary alicyclic amines) is 1. The minimum atomic E-state index is -0.207. The van der Waals surface area contributed by atoms with E-state index in [9.17, 15) is 5.11 Å². The van der Waals surface area contributed by atoms with Gasteiger partial charge in [0.1, 0.15) is 0 Å². The highest BCUT2D eigenvalue weighted by atomic mass is 16.5. The quantitative estimate of drug-likeness (QED) is 0.875. The average molecular weight is 291 g/mol. The highest BCUT2D eigenvalue weighted by molar-refractivity contribution is 5.23. The van der Waals surface area contributed by atoms with Crippen LogP contribution in [0.1, 0.15) is 38.2 Å². The Kier molecular flexibility index (Phi) is 5.80. The number of methoxy groups -OCH3 is 1. The fourth-order valence-corrected chi connectivity index (χ4v) is 3.65. The van der Waals surface area contributed by atoms with Crippen LogP contribution in [0.4, 0.5) is 0 Å². The third kappa shape index (κ3) is 3.65. The van der Waals surface area contributed by atoms with Crippen molar-refractivity contribution >= 4 is 0 Å². The molecule has 0 bridgehead atoms. The van der Waals surface area contributed by atoms with Gasteiger partial charge in [-0.1, -0.05) is 50.6 Å². The molecule has 3 heteroatoms. The van der Waals surface area contributed by atoms with Crippen LogP contribution in [0.15, 0.2) is 30.3 Å². The van der Waals surface area contributed by atoms with Gasteiger partial charge < -0.3 is 14.7 Å². The first-order valence-electron chi connectivity index (χ1n) is 8.05. The number of aliphatic hydroxyl groups is 1. The van der Waals surface area contributed by atoms with Crippen LogP contribution < -0.4 is 0 Å². The molecule has 1 aromatic rings. The zero-order valence-corrected chi connectivity index (χ0v) is 13.6. The molecule has 0 spiro atoms. The van der Waals surface area contributed by atoms with E-state index >= 15 is 0 Å². The van der Waals surface area contributed by atoms with E-state index in [4.69, 9.17) is 4.74 Å². The summed E-state index contributed by atoms with van der Waals surface area (Å²) < 4.78 is 5.83. The fraction of sp³-hybridized carbons (Fsp3) is 0.667. The number of piperidine rings is 1. The zero-order valence-electron chi connectivity index (χ0n) is 13.6. The highest BCUT2D eigenvalue weighted by Crippen LogP contribution is 2.40. The molecule has 0 aromatic heterocycles. The molecule has 0 saturated carbocycles. The van der Waals surface area contributed by atoms with Crippen LogP contribution in [0, 0.1) is 5.41 Å². The van der Waals surface area contributed by atoms with Gasteiger partial charge in [0.25, 0.3) is 0 Å². The van der Waals surface area contributed by atoms with Crippen LogP contribution in [0.2, 0.25) is 0 Å². The minimum Gasteiger partial charge on any atom is -0.396 e. The Hall–Kier alpha value is -0.900. The first kappa shape index (κ1) is 16.5. The lowest BCUT2D eigenvalue weighted by Gasteiger charge is -2.49. The minimum absolute atomic E-state index is 0.0581. The van der Waals surface area contributed by atoms with E-state index in [1.807, 2.05) is 6.07 Å². The van der Waals surface area contributed by atoms with Gasteiger partial charge in [0.15, 0.2) is 0 Å². The van der Waals surface area contributed by atoms with Crippen molar-refractivity contribution in [3.05, 3.63) is 35.9 Å². The normalized spacial score (nSPS) is 30.5.